The molecule has 86 valence electrons. The summed E-state index contributed by atoms with van der Waals surface area (Å²) in [4.78, 5) is 13.8. The molecule has 0 radical (unpaired) electrons. The van der Waals surface area contributed by atoms with Crippen LogP contribution in [0, 0.1) is 0 Å². The number of hydrogen-bond donors (Lipinski definition) is 0. The van der Waals surface area contributed by atoms with Gasteiger partial charge in [-0.1, -0.05) is 18.2 Å². The molecule has 0 N–H and O–H groups in total. The third-order valence-electron chi connectivity index (χ3n) is 2.93. The maximum Gasteiger partial charge on any atom is 0.255 e. The van der Waals surface area contributed by atoms with Crippen molar-refractivity contribution in [1.29, 1.82) is 0 Å². The third kappa shape index (κ3) is 2.42. The quantitative estimate of drug-likeness (QED) is 0.763. The van der Waals surface area contributed by atoms with Crippen molar-refractivity contribution in [3.05, 3.63) is 30.3 Å². The number of likely N-dealkylation sites (N-methyl/N-ethyl adjacent to an activating group) is 1. The molecule has 0 bridgehead atoms. The van der Waals surface area contributed by atoms with Gasteiger partial charge in [0.1, 0.15) is 6.10 Å². The number of carbonyl (C=O) groups excluding carboxylic acids is 1. The lowest BCUT2D eigenvalue weighted by molar-refractivity contribution is -0.132. The van der Waals surface area contributed by atoms with E-state index in [2.05, 4.69) is 0 Å². The Morgan fingerprint density at radius 2 is 2.06 bits per heavy atom. The molecule has 2 rings (SSSR count). The van der Waals surface area contributed by atoms with Gasteiger partial charge in [0.2, 0.25) is 0 Å². The van der Waals surface area contributed by atoms with E-state index in [0.29, 0.717) is 6.61 Å². The number of amides is 1. The second-order valence-electron chi connectivity index (χ2n) is 4.09. The predicted octanol–water partition coefficient (Wildman–Crippen LogP) is 2.22. The number of nitrogens with zero attached hydrogens (tertiary/aromatic N) is 1. The first kappa shape index (κ1) is 11.1. The maximum atomic E-state index is 12.1. The largest absolute Gasteiger partial charge is 0.368 e. The van der Waals surface area contributed by atoms with Crippen LogP contribution in [0.15, 0.2) is 30.3 Å². The summed E-state index contributed by atoms with van der Waals surface area (Å²) in [5, 5.41) is 0. The smallest absolute Gasteiger partial charge is 0.255 e. The molecule has 1 fully saturated rings. The van der Waals surface area contributed by atoms with Crippen LogP contribution in [0.4, 0.5) is 5.69 Å². The van der Waals surface area contributed by atoms with E-state index in [-0.39, 0.29) is 12.0 Å². The normalized spacial score (nSPS) is 20.4. The molecule has 1 saturated heterocycles. The van der Waals surface area contributed by atoms with Gasteiger partial charge in [0, 0.05) is 19.3 Å². The lowest BCUT2D eigenvalue weighted by Gasteiger charge is -2.26. The summed E-state index contributed by atoms with van der Waals surface area (Å²) < 4.78 is 5.49. The summed E-state index contributed by atoms with van der Waals surface area (Å²) in [6.45, 7) is 0.707. The Balaban J connectivity index is 2.04. The van der Waals surface area contributed by atoms with Crippen LogP contribution in [0.5, 0.6) is 0 Å². The van der Waals surface area contributed by atoms with E-state index in [4.69, 9.17) is 4.74 Å². The van der Waals surface area contributed by atoms with Gasteiger partial charge in [-0.15, -0.1) is 0 Å². The molecular formula is C13H17NO2. The highest BCUT2D eigenvalue weighted by molar-refractivity contribution is 5.96. The summed E-state index contributed by atoms with van der Waals surface area (Å²) in [5.41, 5.74) is 0.918. The van der Waals surface area contributed by atoms with Crippen LogP contribution in [0.2, 0.25) is 0 Å². The fourth-order valence-electron chi connectivity index (χ4n) is 1.93. The summed E-state index contributed by atoms with van der Waals surface area (Å²) in [6.07, 6.45) is 2.74. The molecule has 16 heavy (non-hydrogen) atoms. The molecule has 1 aliphatic heterocycles. The van der Waals surface area contributed by atoms with E-state index in [1.54, 1.807) is 11.9 Å². The zero-order chi connectivity index (χ0) is 11.4. The minimum atomic E-state index is -0.251. The van der Waals surface area contributed by atoms with Crippen LogP contribution in [-0.4, -0.2) is 25.7 Å². The van der Waals surface area contributed by atoms with Gasteiger partial charge in [-0.3, -0.25) is 4.79 Å². The summed E-state index contributed by atoms with van der Waals surface area (Å²) >= 11 is 0. The molecule has 0 spiro atoms. The molecule has 3 heteroatoms. The second-order valence-corrected chi connectivity index (χ2v) is 4.09. The fourth-order valence-corrected chi connectivity index (χ4v) is 1.93. The Kier molecular flexibility index (Phi) is 3.57. The number of hydrogen-bond acceptors (Lipinski definition) is 2. The highest BCUT2D eigenvalue weighted by Crippen LogP contribution is 2.18. The van der Waals surface area contributed by atoms with Gasteiger partial charge in [0.05, 0.1) is 0 Å². The van der Waals surface area contributed by atoms with Gasteiger partial charge < -0.3 is 9.64 Å². The lowest BCUT2D eigenvalue weighted by atomic mass is 10.1. The molecule has 0 aliphatic carbocycles. The van der Waals surface area contributed by atoms with Gasteiger partial charge in [-0.05, 0) is 31.4 Å². The van der Waals surface area contributed by atoms with Gasteiger partial charge in [-0.25, -0.2) is 0 Å². The number of anilines is 1. The van der Waals surface area contributed by atoms with Crippen LogP contribution < -0.4 is 4.90 Å². The van der Waals surface area contributed by atoms with Crippen LogP contribution in [0.1, 0.15) is 19.3 Å². The highest BCUT2D eigenvalue weighted by Gasteiger charge is 2.25. The first-order chi connectivity index (χ1) is 7.79. The molecule has 3 nitrogen and oxygen atoms in total. The van der Waals surface area contributed by atoms with E-state index < -0.39 is 0 Å². The Labute approximate surface area is 96.0 Å². The third-order valence-corrected chi connectivity index (χ3v) is 2.93. The van der Waals surface area contributed by atoms with Gasteiger partial charge >= 0.3 is 0 Å². The van der Waals surface area contributed by atoms with Crippen molar-refractivity contribution in [2.24, 2.45) is 0 Å². The van der Waals surface area contributed by atoms with Crippen LogP contribution >= 0.6 is 0 Å². The first-order valence-electron chi connectivity index (χ1n) is 5.73. The van der Waals surface area contributed by atoms with E-state index in [1.807, 2.05) is 30.3 Å². The number of benzene rings is 1. The summed E-state index contributed by atoms with van der Waals surface area (Å²) in [6, 6.07) is 9.67. The number of carbonyl (C=O) groups is 1. The SMILES string of the molecule is CN(C(=O)C1CCCCO1)c1ccccc1. The van der Waals surface area contributed by atoms with Crippen molar-refractivity contribution >= 4 is 11.6 Å². The molecule has 1 unspecified atom stereocenters. The molecule has 1 heterocycles. The number of para-hydroxylation sites is 1. The molecule has 1 aromatic carbocycles. The van der Waals surface area contributed by atoms with Crippen molar-refractivity contribution in [3.63, 3.8) is 0 Å². The standard InChI is InChI=1S/C13H17NO2/c1-14(11-7-3-2-4-8-11)13(15)12-9-5-6-10-16-12/h2-4,7-8,12H,5-6,9-10H2,1H3. The van der Waals surface area contributed by atoms with Crippen molar-refractivity contribution in [2.45, 2.75) is 25.4 Å². The topological polar surface area (TPSA) is 29.5 Å². The van der Waals surface area contributed by atoms with Gasteiger partial charge in [-0.2, -0.15) is 0 Å². The Hall–Kier alpha value is -1.35. The predicted molar refractivity (Wildman–Crippen MR) is 63.4 cm³/mol. The zero-order valence-electron chi connectivity index (χ0n) is 9.56. The average molecular weight is 219 g/mol. The molecule has 1 aliphatic rings. The Morgan fingerprint density at radius 3 is 2.69 bits per heavy atom. The van der Waals surface area contributed by atoms with Crippen LogP contribution in [0.25, 0.3) is 0 Å². The van der Waals surface area contributed by atoms with Gasteiger partial charge in [0.15, 0.2) is 0 Å². The van der Waals surface area contributed by atoms with E-state index >= 15 is 0 Å². The highest BCUT2D eigenvalue weighted by atomic mass is 16.5. The molecule has 1 aromatic rings. The van der Waals surface area contributed by atoms with Crippen molar-refractivity contribution in [1.82, 2.24) is 0 Å². The van der Waals surface area contributed by atoms with Crippen molar-refractivity contribution < 1.29 is 9.53 Å². The maximum absolute atomic E-state index is 12.1. The van der Waals surface area contributed by atoms with Crippen molar-refractivity contribution in [2.75, 3.05) is 18.6 Å². The fraction of sp³-hybridized carbons (Fsp3) is 0.462. The Morgan fingerprint density at radius 1 is 1.31 bits per heavy atom. The minimum absolute atomic E-state index is 0.0610. The van der Waals surface area contributed by atoms with E-state index in [9.17, 15) is 4.79 Å². The van der Waals surface area contributed by atoms with E-state index in [0.717, 1.165) is 24.9 Å². The number of ether oxygens (including phenoxy) is 1. The van der Waals surface area contributed by atoms with Crippen LogP contribution in [0.3, 0.4) is 0 Å². The summed E-state index contributed by atoms with van der Waals surface area (Å²) in [7, 11) is 1.80. The number of rotatable bonds is 2. The Bertz CT molecular complexity index is 344. The molecule has 1 atom stereocenters. The lowest BCUT2D eigenvalue weighted by Crippen LogP contribution is -2.39. The molecule has 0 aromatic heterocycles. The monoisotopic (exact) mass is 219 g/mol. The molecule has 0 saturated carbocycles. The first-order valence-corrected chi connectivity index (χ1v) is 5.73. The average Bonchev–Trinajstić information content (AvgIpc) is 2.39. The second kappa shape index (κ2) is 5.12. The van der Waals surface area contributed by atoms with E-state index in [1.165, 1.54) is 0 Å². The van der Waals surface area contributed by atoms with Crippen molar-refractivity contribution in [3.8, 4) is 0 Å². The van der Waals surface area contributed by atoms with Crippen LogP contribution in [-0.2, 0) is 9.53 Å². The zero-order valence-corrected chi connectivity index (χ0v) is 9.56. The molecular weight excluding hydrogens is 202 g/mol. The minimum Gasteiger partial charge on any atom is -0.368 e. The molecule has 1 amide bonds. The van der Waals surface area contributed by atoms with Gasteiger partial charge in [0.25, 0.3) is 5.91 Å². The summed E-state index contributed by atoms with van der Waals surface area (Å²) in [5.74, 6) is 0.0610.